The van der Waals surface area contributed by atoms with Crippen LogP contribution in [0, 0.1) is 46.3 Å². The Balaban J connectivity index is 0.939. The Morgan fingerprint density at radius 2 is 1.39 bits per heavy atom. The molecule has 9 rings (SSSR count). The predicted octanol–water partition coefficient (Wildman–Crippen LogP) is 0.102. The molecule has 1 spiro atoms. The molecule has 5 heterocycles. The van der Waals surface area contributed by atoms with Crippen molar-refractivity contribution in [3.63, 3.8) is 0 Å². The molecule has 5 aliphatic heterocycles. The van der Waals surface area contributed by atoms with Gasteiger partial charge in [-0.2, -0.15) is 0 Å². The highest BCUT2D eigenvalue weighted by Crippen LogP contribution is 2.71. The second kappa shape index (κ2) is 18.3. The van der Waals surface area contributed by atoms with Gasteiger partial charge >= 0.3 is 5.97 Å². The Morgan fingerprint density at radius 3 is 2.09 bits per heavy atom. The summed E-state index contributed by atoms with van der Waals surface area (Å²) >= 11 is 0. The van der Waals surface area contributed by atoms with Gasteiger partial charge in [0.15, 0.2) is 37.1 Å². The molecule has 9 N–H and O–H groups in total. The van der Waals surface area contributed by atoms with Crippen LogP contribution in [0.5, 0.6) is 0 Å². The first-order valence-electron chi connectivity index (χ1n) is 24.3. The quantitative estimate of drug-likeness (QED) is 0.115. The third-order valence-corrected chi connectivity index (χ3v) is 18.1. The topological polar surface area (TPSA) is 282 Å². The number of esters is 1. The Hall–Kier alpha value is -1.47. The molecule has 3 saturated carbocycles. The third-order valence-electron chi connectivity index (χ3n) is 18.1. The molecule has 0 aromatic carbocycles. The standard InChI is InChI=1S/C47H74O19/c1-18-10-13-47(66-41(18)64-43-37(56)35(54)33(52)29(17-48)61-43)19(2)31-28(65-47)16-27-25-9-8-23-14-24(50)15-30(46(23,7)26(25)11-12-45(27,31)6)62-44-40(38(57)39(21(4)59-44)60-22(5)49)63-42-36(55)34(53)32(51)20(3)58-42/h8,18-21,24-44,48,50-57H,9-17H2,1-7H3/t18-,19-,20-,21+,24+,25+,26-,27-,28-,29+,30+,31-,32-,33+,34+,35-,36+,37+,38-,39-,40+,41?,42-,43-,44-,45-,46-,47+/m0/s1. The maximum absolute atomic E-state index is 12.2. The van der Waals surface area contributed by atoms with E-state index in [0.717, 1.165) is 31.3 Å². The van der Waals surface area contributed by atoms with Gasteiger partial charge in [-0.3, -0.25) is 4.79 Å². The summed E-state index contributed by atoms with van der Waals surface area (Å²) in [6.07, 6.45) is -14.9. The maximum Gasteiger partial charge on any atom is 0.303 e. The van der Waals surface area contributed by atoms with Crippen molar-refractivity contribution < 1.29 is 93.4 Å². The van der Waals surface area contributed by atoms with Gasteiger partial charge in [-0.15, -0.1) is 0 Å². The van der Waals surface area contributed by atoms with Crippen LogP contribution in [0.25, 0.3) is 0 Å². The zero-order valence-electron chi connectivity index (χ0n) is 39.0. The Morgan fingerprint density at radius 1 is 0.712 bits per heavy atom. The summed E-state index contributed by atoms with van der Waals surface area (Å²) in [6, 6.07) is 0. The maximum atomic E-state index is 12.2. The fourth-order valence-electron chi connectivity index (χ4n) is 14.4. The van der Waals surface area contributed by atoms with E-state index >= 15 is 0 Å². The number of aliphatic hydroxyl groups excluding tert-OH is 9. The average molecular weight is 943 g/mol. The highest BCUT2D eigenvalue weighted by atomic mass is 16.8. The number of aliphatic hydroxyl groups is 9. The van der Waals surface area contributed by atoms with Crippen molar-refractivity contribution in [2.45, 2.75) is 222 Å². The van der Waals surface area contributed by atoms with Gasteiger partial charge in [0.25, 0.3) is 0 Å². The van der Waals surface area contributed by atoms with E-state index < -0.39 is 134 Å². The summed E-state index contributed by atoms with van der Waals surface area (Å²) in [7, 11) is 0. The first kappa shape index (κ1) is 49.5. The molecule has 0 aromatic rings. The summed E-state index contributed by atoms with van der Waals surface area (Å²) in [4.78, 5) is 12.2. The van der Waals surface area contributed by atoms with E-state index in [1.807, 2.05) is 6.92 Å². The number of hydrogen-bond donors (Lipinski definition) is 9. The van der Waals surface area contributed by atoms with Crippen molar-refractivity contribution in [1.29, 1.82) is 0 Å². The lowest BCUT2D eigenvalue weighted by molar-refractivity contribution is -0.398. The van der Waals surface area contributed by atoms with Gasteiger partial charge in [0.1, 0.15) is 54.9 Å². The number of hydrogen-bond acceptors (Lipinski definition) is 19. The van der Waals surface area contributed by atoms with Crippen molar-refractivity contribution in [3.8, 4) is 0 Å². The molecule has 0 bridgehead atoms. The van der Waals surface area contributed by atoms with Crippen molar-refractivity contribution in [2.24, 2.45) is 46.3 Å². The van der Waals surface area contributed by atoms with Crippen LogP contribution in [0.15, 0.2) is 11.6 Å². The second-order valence-electron chi connectivity index (χ2n) is 21.8. The second-order valence-corrected chi connectivity index (χ2v) is 21.8. The summed E-state index contributed by atoms with van der Waals surface area (Å²) in [5.41, 5.74) is 0.412. The van der Waals surface area contributed by atoms with E-state index in [9.17, 15) is 50.8 Å². The molecule has 376 valence electrons. The Bertz CT molecular complexity index is 1790. The van der Waals surface area contributed by atoms with E-state index in [1.54, 1.807) is 6.92 Å². The minimum Gasteiger partial charge on any atom is -0.457 e. The van der Waals surface area contributed by atoms with Gasteiger partial charge in [0, 0.05) is 37.0 Å². The van der Waals surface area contributed by atoms with Crippen LogP contribution in [0.3, 0.4) is 0 Å². The van der Waals surface area contributed by atoms with Gasteiger partial charge in [0.2, 0.25) is 0 Å². The predicted molar refractivity (Wildman–Crippen MR) is 225 cm³/mol. The smallest absolute Gasteiger partial charge is 0.303 e. The van der Waals surface area contributed by atoms with Crippen LogP contribution in [0.1, 0.15) is 99.8 Å². The summed E-state index contributed by atoms with van der Waals surface area (Å²) in [5, 5.41) is 96.5. The highest BCUT2D eigenvalue weighted by Gasteiger charge is 2.70. The summed E-state index contributed by atoms with van der Waals surface area (Å²) in [6.45, 7) is 12.6. The summed E-state index contributed by atoms with van der Waals surface area (Å²) < 4.78 is 56.7. The summed E-state index contributed by atoms with van der Waals surface area (Å²) in [5.74, 6) is -0.936. The minimum absolute atomic E-state index is 0.0303. The van der Waals surface area contributed by atoms with E-state index in [2.05, 4.69) is 26.8 Å². The average Bonchev–Trinajstić information content (AvgIpc) is 3.71. The van der Waals surface area contributed by atoms with Gasteiger partial charge in [-0.1, -0.05) is 39.3 Å². The number of carbonyl (C=O) groups is 1. The van der Waals surface area contributed by atoms with Crippen LogP contribution >= 0.6 is 0 Å². The molecule has 5 saturated heterocycles. The fraction of sp³-hybridized carbons (Fsp3) is 0.936. The van der Waals surface area contributed by atoms with Gasteiger partial charge in [0.05, 0.1) is 37.1 Å². The molecule has 0 aromatic heterocycles. The SMILES string of the molecule is CC(=O)O[C@@H]1[C@H](O)[C@@H](O[C@@H]2O[C@@H](C)[C@H](O)[C@@H](O)[C@H]2O)[C@H](O[C@@H]2C[C@H](O)CC3=CC[C@H]4[C@@H]5C[C@@H]6O[C@@]7(CC[C@H](C)C(O[C@@H]8O[C@H](CO)[C@@H](O)[C@H](O)[C@H]8O)O7)[C@@H](C)[C@@H]6[C@@]5(C)CC[C@@H]4[C@]32C)O[C@@H]1C. The number of rotatable bonds is 8. The van der Waals surface area contributed by atoms with Gasteiger partial charge < -0.3 is 88.6 Å². The lowest BCUT2D eigenvalue weighted by Gasteiger charge is -2.60. The molecule has 0 radical (unpaired) electrons. The molecular weight excluding hydrogens is 868 g/mol. The number of allylic oxidation sites excluding steroid dienone is 1. The van der Waals surface area contributed by atoms with Gasteiger partial charge in [-0.25, -0.2) is 0 Å². The first-order valence-corrected chi connectivity index (χ1v) is 24.3. The monoisotopic (exact) mass is 942 g/mol. The van der Waals surface area contributed by atoms with Crippen molar-refractivity contribution in [3.05, 3.63) is 11.6 Å². The fourth-order valence-corrected chi connectivity index (χ4v) is 14.4. The van der Waals surface area contributed by atoms with Crippen LogP contribution in [-0.4, -0.2) is 181 Å². The van der Waals surface area contributed by atoms with Crippen LogP contribution < -0.4 is 0 Å². The molecule has 66 heavy (non-hydrogen) atoms. The van der Waals surface area contributed by atoms with Crippen molar-refractivity contribution in [2.75, 3.05) is 6.61 Å². The van der Waals surface area contributed by atoms with Crippen LogP contribution in [0.2, 0.25) is 0 Å². The van der Waals surface area contributed by atoms with E-state index in [1.165, 1.54) is 13.8 Å². The van der Waals surface area contributed by atoms with Crippen LogP contribution in [0.4, 0.5) is 0 Å². The molecule has 8 fully saturated rings. The number of ether oxygens (including phenoxy) is 9. The molecule has 1 unspecified atom stereocenters. The zero-order chi connectivity index (χ0) is 47.5. The van der Waals surface area contributed by atoms with Crippen LogP contribution in [-0.2, 0) is 47.4 Å². The van der Waals surface area contributed by atoms with Crippen molar-refractivity contribution in [1.82, 2.24) is 0 Å². The molecule has 19 heteroatoms. The first-order chi connectivity index (χ1) is 31.1. The molecule has 28 atom stereocenters. The zero-order valence-corrected chi connectivity index (χ0v) is 39.0. The molecular formula is C47H74O19. The lowest BCUT2D eigenvalue weighted by Crippen LogP contribution is -2.65. The highest BCUT2D eigenvalue weighted by molar-refractivity contribution is 5.66. The number of fused-ring (bicyclic) bond motifs is 7. The Labute approximate surface area is 385 Å². The molecule has 9 aliphatic rings. The number of carbonyl (C=O) groups excluding carboxylic acids is 1. The van der Waals surface area contributed by atoms with E-state index in [0.29, 0.717) is 19.3 Å². The third kappa shape index (κ3) is 8.05. The molecule has 4 aliphatic carbocycles. The molecule has 19 nitrogen and oxygen atoms in total. The minimum atomic E-state index is -1.69. The van der Waals surface area contributed by atoms with Gasteiger partial charge in [-0.05, 0) is 81.5 Å². The van der Waals surface area contributed by atoms with Crippen molar-refractivity contribution >= 4 is 5.97 Å². The van der Waals surface area contributed by atoms with E-state index in [4.69, 9.17) is 42.6 Å². The molecule has 0 amide bonds. The van der Waals surface area contributed by atoms with E-state index in [-0.39, 0.29) is 53.4 Å². The largest absolute Gasteiger partial charge is 0.457 e. The Kier molecular flexibility index (Phi) is 13.7. The normalized spacial score (nSPS) is 57.0. The lowest BCUT2D eigenvalue weighted by atomic mass is 9.46.